The molecule has 0 saturated heterocycles. The molecular weight excluding hydrogens is 450 g/mol. The first-order valence-corrected chi connectivity index (χ1v) is 9.68. The number of nitrogens with one attached hydrogen (secondary N) is 1. The smallest absolute Gasteiger partial charge is 0.143 e. The van der Waals surface area contributed by atoms with Crippen molar-refractivity contribution in [2.45, 2.75) is 0 Å². The minimum Gasteiger partial charge on any atom is -0.340 e. The van der Waals surface area contributed by atoms with E-state index in [9.17, 15) is 0 Å². The minimum absolute atomic E-state index is 0.817. The summed E-state index contributed by atoms with van der Waals surface area (Å²) in [5.41, 5.74) is 3.27. The van der Waals surface area contributed by atoms with Gasteiger partial charge in [-0.15, -0.1) is 11.3 Å². The molecule has 0 saturated carbocycles. The topological polar surface area (TPSA) is 37.8 Å². The third-order valence-electron chi connectivity index (χ3n) is 3.61. The van der Waals surface area contributed by atoms with Crippen LogP contribution in [0.15, 0.2) is 69.2 Å². The molecule has 4 rings (SSSR count). The Hall–Kier alpha value is -1.76. The average molecular weight is 461 g/mol. The highest BCUT2D eigenvalue weighted by atomic mass is 79.9. The second kappa shape index (κ2) is 6.63. The lowest BCUT2D eigenvalue weighted by Gasteiger charge is -2.09. The van der Waals surface area contributed by atoms with Crippen LogP contribution in [-0.4, -0.2) is 9.97 Å². The van der Waals surface area contributed by atoms with Crippen LogP contribution in [0.1, 0.15) is 0 Å². The van der Waals surface area contributed by atoms with Crippen molar-refractivity contribution in [3.05, 3.63) is 69.2 Å². The lowest BCUT2D eigenvalue weighted by atomic mass is 10.1. The number of thiophene rings is 1. The number of benzene rings is 2. The maximum absolute atomic E-state index is 4.47. The molecule has 0 radical (unpaired) electrons. The Morgan fingerprint density at radius 2 is 1.75 bits per heavy atom. The van der Waals surface area contributed by atoms with Crippen LogP contribution < -0.4 is 5.32 Å². The number of fused-ring (bicyclic) bond motifs is 1. The summed E-state index contributed by atoms with van der Waals surface area (Å²) in [5.74, 6) is 0.817. The summed E-state index contributed by atoms with van der Waals surface area (Å²) in [5, 5.41) is 6.59. The van der Waals surface area contributed by atoms with Gasteiger partial charge in [0.1, 0.15) is 17.0 Å². The first-order chi connectivity index (χ1) is 11.7. The lowest BCUT2D eigenvalue weighted by molar-refractivity contribution is 1.23. The SMILES string of the molecule is Brc1ccc(-c2csc3ncnc(Nc4cccc(Br)c4)c23)cc1. The highest BCUT2D eigenvalue weighted by Gasteiger charge is 2.13. The quantitative estimate of drug-likeness (QED) is 0.373. The molecule has 0 aliphatic carbocycles. The Morgan fingerprint density at radius 3 is 2.54 bits per heavy atom. The number of rotatable bonds is 3. The fourth-order valence-corrected chi connectivity index (χ4v) is 4.09. The van der Waals surface area contributed by atoms with Crippen LogP contribution in [0.3, 0.4) is 0 Å². The van der Waals surface area contributed by atoms with Crippen LogP contribution >= 0.6 is 43.2 Å². The van der Waals surface area contributed by atoms with Gasteiger partial charge < -0.3 is 5.32 Å². The van der Waals surface area contributed by atoms with E-state index in [1.165, 1.54) is 0 Å². The molecule has 24 heavy (non-hydrogen) atoms. The largest absolute Gasteiger partial charge is 0.340 e. The van der Waals surface area contributed by atoms with Crippen molar-refractivity contribution in [3.63, 3.8) is 0 Å². The Kier molecular flexibility index (Phi) is 4.35. The molecule has 0 aliphatic rings. The van der Waals surface area contributed by atoms with Crippen molar-refractivity contribution in [1.29, 1.82) is 0 Å². The Labute approximate surface area is 160 Å². The van der Waals surface area contributed by atoms with Crippen LogP contribution in [0.2, 0.25) is 0 Å². The molecule has 4 aromatic rings. The van der Waals surface area contributed by atoms with Crippen LogP contribution in [0.5, 0.6) is 0 Å². The van der Waals surface area contributed by atoms with E-state index in [1.807, 2.05) is 36.4 Å². The van der Waals surface area contributed by atoms with Crippen LogP contribution in [0.4, 0.5) is 11.5 Å². The molecule has 0 unspecified atom stereocenters. The van der Waals surface area contributed by atoms with Gasteiger partial charge in [0.15, 0.2) is 0 Å². The summed E-state index contributed by atoms with van der Waals surface area (Å²) in [4.78, 5) is 9.85. The molecule has 0 amide bonds. The second-order valence-corrected chi connectivity index (χ2v) is 7.88. The van der Waals surface area contributed by atoms with Gasteiger partial charge in [-0.25, -0.2) is 9.97 Å². The number of anilines is 2. The van der Waals surface area contributed by atoms with Crippen LogP contribution in [0.25, 0.3) is 21.3 Å². The van der Waals surface area contributed by atoms with E-state index >= 15 is 0 Å². The predicted octanol–water partition coefficient (Wildman–Crippen LogP) is 6.63. The molecule has 0 atom stereocenters. The van der Waals surface area contributed by atoms with Gasteiger partial charge in [0, 0.05) is 25.6 Å². The first kappa shape index (κ1) is 15.7. The van der Waals surface area contributed by atoms with Gasteiger partial charge in [0.05, 0.1) is 5.39 Å². The maximum atomic E-state index is 4.47. The van der Waals surface area contributed by atoms with Crippen LogP contribution in [0, 0.1) is 0 Å². The molecule has 0 aliphatic heterocycles. The van der Waals surface area contributed by atoms with Crippen molar-refractivity contribution in [1.82, 2.24) is 9.97 Å². The zero-order chi connectivity index (χ0) is 16.5. The molecular formula is C18H11Br2N3S. The van der Waals surface area contributed by atoms with Gasteiger partial charge in [0.2, 0.25) is 0 Å². The molecule has 0 bridgehead atoms. The maximum Gasteiger partial charge on any atom is 0.143 e. The van der Waals surface area contributed by atoms with E-state index in [1.54, 1.807) is 17.7 Å². The molecule has 2 heterocycles. The van der Waals surface area contributed by atoms with Crippen molar-refractivity contribution in [2.24, 2.45) is 0 Å². The van der Waals surface area contributed by atoms with Crippen molar-refractivity contribution < 1.29 is 0 Å². The van der Waals surface area contributed by atoms with Gasteiger partial charge in [-0.1, -0.05) is 50.1 Å². The van der Waals surface area contributed by atoms with E-state index in [4.69, 9.17) is 0 Å². The number of nitrogens with zero attached hydrogens (tertiary/aromatic N) is 2. The van der Waals surface area contributed by atoms with Gasteiger partial charge in [-0.05, 0) is 35.9 Å². The zero-order valence-corrected chi connectivity index (χ0v) is 16.3. The first-order valence-electron chi connectivity index (χ1n) is 7.21. The monoisotopic (exact) mass is 459 g/mol. The fourth-order valence-electron chi connectivity index (χ4n) is 2.51. The summed E-state index contributed by atoms with van der Waals surface area (Å²) in [7, 11) is 0. The van der Waals surface area contributed by atoms with E-state index in [2.05, 4.69) is 64.7 Å². The van der Waals surface area contributed by atoms with E-state index in [0.29, 0.717) is 0 Å². The highest BCUT2D eigenvalue weighted by molar-refractivity contribution is 9.10. The van der Waals surface area contributed by atoms with Crippen molar-refractivity contribution in [2.75, 3.05) is 5.32 Å². The minimum atomic E-state index is 0.817. The predicted molar refractivity (Wildman–Crippen MR) is 108 cm³/mol. The van der Waals surface area contributed by atoms with Gasteiger partial charge in [-0.2, -0.15) is 0 Å². The molecule has 2 aromatic carbocycles. The Morgan fingerprint density at radius 1 is 0.917 bits per heavy atom. The van der Waals surface area contributed by atoms with E-state index in [-0.39, 0.29) is 0 Å². The molecule has 118 valence electrons. The standard InChI is InChI=1S/C18H11Br2N3S/c19-12-6-4-11(5-7-12)15-9-24-18-16(15)17(21-10-22-18)23-14-3-1-2-13(20)8-14/h1-10H,(H,21,22,23). The highest BCUT2D eigenvalue weighted by Crippen LogP contribution is 2.37. The number of hydrogen-bond donors (Lipinski definition) is 1. The summed E-state index contributed by atoms with van der Waals surface area (Å²) in [6, 6.07) is 16.3. The third-order valence-corrected chi connectivity index (χ3v) is 5.52. The number of aromatic nitrogens is 2. The summed E-state index contributed by atoms with van der Waals surface area (Å²) in [6.45, 7) is 0. The van der Waals surface area contributed by atoms with E-state index < -0.39 is 0 Å². The fraction of sp³-hybridized carbons (Fsp3) is 0. The lowest BCUT2D eigenvalue weighted by Crippen LogP contribution is -1.95. The second-order valence-electron chi connectivity index (χ2n) is 5.19. The Balaban J connectivity index is 1.84. The summed E-state index contributed by atoms with van der Waals surface area (Å²) >= 11 is 8.61. The molecule has 3 nitrogen and oxygen atoms in total. The zero-order valence-electron chi connectivity index (χ0n) is 12.3. The van der Waals surface area contributed by atoms with Crippen LogP contribution in [-0.2, 0) is 0 Å². The van der Waals surface area contributed by atoms with Crippen molar-refractivity contribution >= 4 is 64.9 Å². The van der Waals surface area contributed by atoms with Crippen molar-refractivity contribution in [3.8, 4) is 11.1 Å². The normalized spacial score (nSPS) is 10.9. The number of hydrogen-bond acceptors (Lipinski definition) is 4. The summed E-state index contributed by atoms with van der Waals surface area (Å²) in [6.07, 6.45) is 1.60. The molecule has 0 fully saturated rings. The van der Waals surface area contributed by atoms with Gasteiger partial charge in [0.25, 0.3) is 0 Å². The molecule has 1 N–H and O–H groups in total. The number of halogens is 2. The van der Waals surface area contributed by atoms with E-state index in [0.717, 1.165) is 41.8 Å². The summed E-state index contributed by atoms with van der Waals surface area (Å²) < 4.78 is 2.09. The van der Waals surface area contributed by atoms with Gasteiger partial charge in [-0.3, -0.25) is 0 Å². The average Bonchev–Trinajstić information content (AvgIpc) is 3.01. The molecule has 6 heteroatoms. The third kappa shape index (κ3) is 3.09. The Bertz CT molecular complexity index is 1010. The van der Waals surface area contributed by atoms with Gasteiger partial charge >= 0.3 is 0 Å². The molecule has 2 aromatic heterocycles. The molecule has 0 spiro atoms.